The SMILES string of the molecule is Cc1ccc(N2CCN(N=Cc3ccc(OCc4ccccc4)cc3)CC2)cc1. The number of benzene rings is 3. The second kappa shape index (κ2) is 9.28. The first-order valence-electron chi connectivity index (χ1n) is 10.1. The zero-order chi connectivity index (χ0) is 19.9. The minimum atomic E-state index is 0.583. The van der Waals surface area contributed by atoms with E-state index in [-0.39, 0.29) is 0 Å². The van der Waals surface area contributed by atoms with E-state index in [4.69, 9.17) is 4.74 Å². The normalized spacial score (nSPS) is 14.4. The maximum Gasteiger partial charge on any atom is 0.119 e. The fourth-order valence-corrected chi connectivity index (χ4v) is 3.36. The van der Waals surface area contributed by atoms with Crippen LogP contribution in [0.25, 0.3) is 0 Å². The number of ether oxygens (including phenoxy) is 1. The van der Waals surface area contributed by atoms with Crippen LogP contribution in [0.4, 0.5) is 5.69 Å². The van der Waals surface area contributed by atoms with E-state index >= 15 is 0 Å². The van der Waals surface area contributed by atoms with Crippen molar-refractivity contribution in [3.8, 4) is 5.75 Å². The highest BCUT2D eigenvalue weighted by molar-refractivity contribution is 5.79. The highest BCUT2D eigenvalue weighted by Crippen LogP contribution is 2.17. The summed E-state index contributed by atoms with van der Waals surface area (Å²) in [6.45, 7) is 6.56. The molecule has 1 aliphatic rings. The Labute approximate surface area is 173 Å². The van der Waals surface area contributed by atoms with Gasteiger partial charge in [0.05, 0.1) is 19.3 Å². The summed E-state index contributed by atoms with van der Waals surface area (Å²) in [5, 5.41) is 6.80. The Morgan fingerprint density at radius 3 is 2.21 bits per heavy atom. The maximum atomic E-state index is 5.84. The van der Waals surface area contributed by atoms with Crippen LogP contribution in [0.3, 0.4) is 0 Å². The Kier molecular flexibility index (Phi) is 6.10. The lowest BCUT2D eigenvalue weighted by atomic mass is 10.2. The van der Waals surface area contributed by atoms with Crippen molar-refractivity contribution < 1.29 is 4.74 Å². The van der Waals surface area contributed by atoms with E-state index < -0.39 is 0 Å². The summed E-state index contributed by atoms with van der Waals surface area (Å²) < 4.78 is 5.84. The second-order valence-electron chi connectivity index (χ2n) is 7.36. The van der Waals surface area contributed by atoms with E-state index in [1.54, 1.807) is 0 Å². The number of hydrogen-bond acceptors (Lipinski definition) is 4. The predicted molar refractivity (Wildman–Crippen MR) is 120 cm³/mol. The lowest BCUT2D eigenvalue weighted by molar-refractivity contribution is 0.272. The molecule has 0 aliphatic carbocycles. The molecule has 148 valence electrons. The third-order valence-corrected chi connectivity index (χ3v) is 5.15. The number of rotatable bonds is 6. The molecular formula is C25H27N3O. The highest BCUT2D eigenvalue weighted by atomic mass is 16.5. The van der Waals surface area contributed by atoms with Crippen LogP contribution in [-0.2, 0) is 6.61 Å². The fourth-order valence-electron chi connectivity index (χ4n) is 3.36. The zero-order valence-corrected chi connectivity index (χ0v) is 16.9. The fraction of sp³-hybridized carbons (Fsp3) is 0.240. The van der Waals surface area contributed by atoms with Gasteiger partial charge >= 0.3 is 0 Å². The summed E-state index contributed by atoms with van der Waals surface area (Å²) in [6, 6.07) is 27.1. The van der Waals surface area contributed by atoms with Gasteiger partial charge in [-0.15, -0.1) is 0 Å². The first-order valence-corrected chi connectivity index (χ1v) is 10.1. The number of anilines is 1. The third-order valence-electron chi connectivity index (χ3n) is 5.15. The number of piperazine rings is 1. The van der Waals surface area contributed by atoms with E-state index in [0.717, 1.165) is 37.5 Å². The van der Waals surface area contributed by atoms with E-state index in [1.807, 2.05) is 48.7 Å². The van der Waals surface area contributed by atoms with E-state index in [0.29, 0.717) is 6.61 Å². The largest absolute Gasteiger partial charge is 0.489 e. The molecule has 0 atom stereocenters. The molecule has 1 aliphatic heterocycles. The first-order chi connectivity index (χ1) is 14.3. The van der Waals surface area contributed by atoms with Crippen LogP contribution in [0.2, 0.25) is 0 Å². The number of nitrogens with zero attached hydrogens (tertiary/aromatic N) is 3. The van der Waals surface area contributed by atoms with Crippen LogP contribution in [-0.4, -0.2) is 37.4 Å². The van der Waals surface area contributed by atoms with Gasteiger partial charge < -0.3 is 9.64 Å². The molecule has 0 unspecified atom stereocenters. The second-order valence-corrected chi connectivity index (χ2v) is 7.36. The molecular weight excluding hydrogens is 358 g/mol. The molecule has 1 fully saturated rings. The average molecular weight is 386 g/mol. The Morgan fingerprint density at radius 1 is 0.828 bits per heavy atom. The molecule has 1 saturated heterocycles. The van der Waals surface area contributed by atoms with E-state index in [9.17, 15) is 0 Å². The number of hydrazone groups is 1. The summed E-state index contributed by atoms with van der Waals surface area (Å²) in [6.07, 6.45) is 1.93. The monoisotopic (exact) mass is 385 g/mol. The van der Waals surface area contributed by atoms with Crippen LogP contribution in [0.1, 0.15) is 16.7 Å². The van der Waals surface area contributed by atoms with Gasteiger partial charge in [-0.25, -0.2) is 0 Å². The van der Waals surface area contributed by atoms with Crippen molar-refractivity contribution in [3.63, 3.8) is 0 Å². The maximum absolute atomic E-state index is 5.84. The highest BCUT2D eigenvalue weighted by Gasteiger charge is 2.15. The van der Waals surface area contributed by atoms with Crippen molar-refractivity contribution >= 4 is 11.9 Å². The van der Waals surface area contributed by atoms with Crippen LogP contribution in [0, 0.1) is 6.92 Å². The minimum Gasteiger partial charge on any atom is -0.489 e. The molecule has 29 heavy (non-hydrogen) atoms. The molecule has 4 rings (SSSR count). The molecule has 4 heteroatoms. The van der Waals surface area contributed by atoms with Gasteiger partial charge in [-0.05, 0) is 54.4 Å². The lowest BCUT2D eigenvalue weighted by Gasteiger charge is -2.34. The van der Waals surface area contributed by atoms with Crippen molar-refractivity contribution in [2.45, 2.75) is 13.5 Å². The smallest absolute Gasteiger partial charge is 0.119 e. The Hall–Kier alpha value is -3.27. The van der Waals surface area contributed by atoms with Gasteiger partial charge in [0.2, 0.25) is 0 Å². The molecule has 0 N–H and O–H groups in total. The molecule has 4 nitrogen and oxygen atoms in total. The van der Waals surface area contributed by atoms with Crippen molar-refractivity contribution in [1.82, 2.24) is 5.01 Å². The molecule has 0 spiro atoms. The molecule has 3 aromatic carbocycles. The quantitative estimate of drug-likeness (QED) is 0.574. The Morgan fingerprint density at radius 2 is 1.52 bits per heavy atom. The van der Waals surface area contributed by atoms with E-state index in [1.165, 1.54) is 16.8 Å². The van der Waals surface area contributed by atoms with Gasteiger partial charge in [0.15, 0.2) is 0 Å². The van der Waals surface area contributed by atoms with Gasteiger partial charge in [0, 0.05) is 18.8 Å². The summed E-state index contributed by atoms with van der Waals surface area (Å²) in [5.41, 5.74) is 4.85. The van der Waals surface area contributed by atoms with Crippen molar-refractivity contribution in [1.29, 1.82) is 0 Å². The standard InChI is InChI=1S/C25H27N3O/c1-21-7-11-24(12-8-21)27-15-17-28(18-16-27)26-19-22-9-13-25(14-10-22)29-20-23-5-3-2-4-6-23/h2-14,19H,15-18,20H2,1H3. The molecule has 0 radical (unpaired) electrons. The number of aryl methyl sites for hydroxylation is 1. The van der Waals surface area contributed by atoms with Crippen LogP contribution < -0.4 is 9.64 Å². The Bertz CT molecular complexity index is 913. The zero-order valence-electron chi connectivity index (χ0n) is 16.9. The molecule has 0 saturated carbocycles. The van der Waals surface area contributed by atoms with E-state index in [2.05, 4.69) is 58.3 Å². The lowest BCUT2D eigenvalue weighted by Crippen LogP contribution is -2.44. The van der Waals surface area contributed by atoms with Gasteiger partial charge in [-0.3, -0.25) is 5.01 Å². The average Bonchev–Trinajstić information content (AvgIpc) is 2.79. The van der Waals surface area contributed by atoms with Gasteiger partial charge in [0.25, 0.3) is 0 Å². The summed E-state index contributed by atoms with van der Waals surface area (Å²) >= 11 is 0. The first kappa shape index (κ1) is 19.1. The Balaban J connectivity index is 1.25. The molecule has 0 bridgehead atoms. The van der Waals surface area contributed by atoms with Gasteiger partial charge in [-0.2, -0.15) is 5.10 Å². The van der Waals surface area contributed by atoms with Gasteiger partial charge in [0.1, 0.15) is 12.4 Å². The molecule has 0 aromatic heterocycles. The van der Waals surface area contributed by atoms with Crippen LogP contribution in [0.15, 0.2) is 84.0 Å². The minimum absolute atomic E-state index is 0.583. The number of hydrogen-bond donors (Lipinski definition) is 0. The third kappa shape index (κ3) is 5.38. The van der Waals surface area contributed by atoms with Gasteiger partial charge in [-0.1, -0.05) is 48.0 Å². The van der Waals surface area contributed by atoms with Crippen LogP contribution in [0.5, 0.6) is 5.75 Å². The summed E-state index contributed by atoms with van der Waals surface area (Å²) in [7, 11) is 0. The molecule has 0 amide bonds. The molecule has 1 heterocycles. The predicted octanol–water partition coefficient (Wildman–Crippen LogP) is 4.73. The van der Waals surface area contributed by atoms with Crippen molar-refractivity contribution in [2.24, 2.45) is 5.10 Å². The summed E-state index contributed by atoms with van der Waals surface area (Å²) in [4.78, 5) is 2.42. The van der Waals surface area contributed by atoms with Crippen molar-refractivity contribution in [3.05, 3.63) is 95.6 Å². The van der Waals surface area contributed by atoms with Crippen LogP contribution >= 0.6 is 0 Å². The van der Waals surface area contributed by atoms with Crippen molar-refractivity contribution in [2.75, 3.05) is 31.1 Å². The topological polar surface area (TPSA) is 28.1 Å². The molecule has 3 aromatic rings. The summed E-state index contributed by atoms with van der Waals surface area (Å²) in [5.74, 6) is 0.873.